The summed E-state index contributed by atoms with van der Waals surface area (Å²) in [5, 5.41) is 3.36. The van der Waals surface area contributed by atoms with Crippen molar-refractivity contribution in [3.8, 4) is 0 Å². The predicted octanol–water partition coefficient (Wildman–Crippen LogP) is 4.58. The van der Waals surface area contributed by atoms with Crippen molar-refractivity contribution in [1.82, 2.24) is 0 Å². The number of rotatable bonds is 15. The summed E-state index contributed by atoms with van der Waals surface area (Å²) in [5.41, 5.74) is 1.76. The number of carbonyl (C=O) groups is 2. The van der Waals surface area contributed by atoms with Crippen molar-refractivity contribution in [2.45, 2.75) is 39.5 Å². The average Bonchev–Trinajstić information content (AvgIpc) is 2.72. The van der Waals surface area contributed by atoms with Crippen LogP contribution in [0.3, 0.4) is 0 Å². The van der Waals surface area contributed by atoms with Crippen LogP contribution in [0.15, 0.2) is 43.5 Å². The molecule has 0 unspecified atom stereocenters. The van der Waals surface area contributed by atoms with Gasteiger partial charge in [-0.25, -0.2) is 4.79 Å². The van der Waals surface area contributed by atoms with Gasteiger partial charge in [-0.05, 0) is 50.8 Å². The molecule has 0 saturated heterocycles. The summed E-state index contributed by atoms with van der Waals surface area (Å²) in [7, 11) is 0. The Morgan fingerprint density at radius 1 is 1.17 bits per heavy atom. The van der Waals surface area contributed by atoms with Gasteiger partial charge in [0, 0.05) is 18.8 Å². The van der Waals surface area contributed by atoms with Gasteiger partial charge < -0.3 is 19.7 Å². The molecule has 0 aromatic heterocycles. The number of anilines is 2. The van der Waals surface area contributed by atoms with Crippen LogP contribution < -0.4 is 10.2 Å². The lowest BCUT2D eigenvalue weighted by Gasteiger charge is -2.25. The van der Waals surface area contributed by atoms with E-state index in [0.29, 0.717) is 24.4 Å². The SMILES string of the molecule is C=CCCCCNc1ccc(C(=O)OCC)c(N(CCC)C(=O)COCC=C)c1. The molecule has 1 aromatic rings. The van der Waals surface area contributed by atoms with Crippen LogP contribution in [0.4, 0.5) is 11.4 Å². The molecule has 0 spiro atoms. The molecule has 29 heavy (non-hydrogen) atoms. The van der Waals surface area contributed by atoms with Gasteiger partial charge >= 0.3 is 5.97 Å². The Labute approximate surface area is 174 Å². The third kappa shape index (κ3) is 8.52. The molecular weight excluding hydrogens is 368 g/mol. The molecule has 0 aliphatic heterocycles. The zero-order chi connectivity index (χ0) is 21.5. The third-order valence-electron chi connectivity index (χ3n) is 4.16. The second kappa shape index (κ2) is 14.4. The summed E-state index contributed by atoms with van der Waals surface area (Å²) in [4.78, 5) is 26.8. The number of nitrogens with one attached hydrogen (secondary N) is 1. The Kier molecular flexibility index (Phi) is 12.1. The fraction of sp³-hybridized carbons (Fsp3) is 0.478. The lowest BCUT2D eigenvalue weighted by atomic mass is 10.1. The zero-order valence-corrected chi connectivity index (χ0v) is 17.7. The summed E-state index contributed by atoms with van der Waals surface area (Å²) in [6.45, 7) is 12.8. The van der Waals surface area contributed by atoms with E-state index in [4.69, 9.17) is 9.47 Å². The van der Waals surface area contributed by atoms with E-state index in [1.165, 1.54) is 0 Å². The van der Waals surface area contributed by atoms with E-state index < -0.39 is 5.97 Å². The highest BCUT2D eigenvalue weighted by atomic mass is 16.5. The summed E-state index contributed by atoms with van der Waals surface area (Å²) < 4.78 is 10.5. The van der Waals surface area contributed by atoms with Crippen LogP contribution in [0.25, 0.3) is 0 Å². The monoisotopic (exact) mass is 402 g/mol. The van der Waals surface area contributed by atoms with E-state index in [1.54, 1.807) is 24.0 Å². The number of allylic oxidation sites excluding steroid dienone is 1. The molecule has 6 nitrogen and oxygen atoms in total. The van der Waals surface area contributed by atoms with E-state index in [0.717, 1.165) is 37.9 Å². The Morgan fingerprint density at radius 2 is 1.97 bits per heavy atom. The predicted molar refractivity (Wildman–Crippen MR) is 119 cm³/mol. The summed E-state index contributed by atoms with van der Waals surface area (Å²) in [6.07, 6.45) is 7.31. The molecule has 1 amide bonds. The maximum atomic E-state index is 12.8. The fourth-order valence-corrected chi connectivity index (χ4v) is 2.80. The van der Waals surface area contributed by atoms with Crippen LogP contribution >= 0.6 is 0 Å². The molecule has 0 heterocycles. The molecule has 0 aliphatic rings. The van der Waals surface area contributed by atoms with Crippen molar-refractivity contribution in [1.29, 1.82) is 0 Å². The largest absolute Gasteiger partial charge is 0.462 e. The molecule has 6 heteroatoms. The number of benzene rings is 1. The highest BCUT2D eigenvalue weighted by Crippen LogP contribution is 2.27. The Hall–Kier alpha value is -2.60. The smallest absolute Gasteiger partial charge is 0.340 e. The van der Waals surface area contributed by atoms with E-state index in [2.05, 4.69) is 18.5 Å². The molecule has 0 saturated carbocycles. The number of hydrogen-bond acceptors (Lipinski definition) is 5. The van der Waals surface area contributed by atoms with E-state index in [-0.39, 0.29) is 19.1 Å². The van der Waals surface area contributed by atoms with Crippen LogP contribution in [0.1, 0.15) is 49.9 Å². The topological polar surface area (TPSA) is 67.9 Å². The van der Waals surface area contributed by atoms with Crippen molar-refractivity contribution in [2.24, 2.45) is 0 Å². The highest BCUT2D eigenvalue weighted by Gasteiger charge is 2.22. The van der Waals surface area contributed by atoms with Gasteiger partial charge in [0.1, 0.15) is 6.61 Å². The standard InChI is InChI=1S/C23H34N2O4/c1-5-9-10-11-14-24-19-12-13-20(23(27)29-8-4)21(17-19)25(15-6-2)22(26)18-28-16-7-3/h5,7,12-13,17,24H,1,3,6,8-11,14-16,18H2,2,4H3. The van der Waals surface area contributed by atoms with Crippen molar-refractivity contribution >= 4 is 23.3 Å². The van der Waals surface area contributed by atoms with Crippen LogP contribution in [0.5, 0.6) is 0 Å². The number of carbonyl (C=O) groups excluding carboxylic acids is 2. The Morgan fingerprint density at radius 3 is 2.62 bits per heavy atom. The first kappa shape index (κ1) is 24.4. The van der Waals surface area contributed by atoms with Crippen molar-refractivity contribution in [3.63, 3.8) is 0 Å². The second-order valence-electron chi connectivity index (χ2n) is 6.51. The number of nitrogens with zero attached hydrogens (tertiary/aromatic N) is 1. The number of hydrogen-bond donors (Lipinski definition) is 1. The maximum Gasteiger partial charge on any atom is 0.340 e. The quantitative estimate of drug-likeness (QED) is 0.264. The van der Waals surface area contributed by atoms with Crippen molar-refractivity contribution < 1.29 is 19.1 Å². The first-order valence-electron chi connectivity index (χ1n) is 10.2. The molecule has 0 bridgehead atoms. The molecule has 0 atom stereocenters. The summed E-state index contributed by atoms with van der Waals surface area (Å²) >= 11 is 0. The van der Waals surface area contributed by atoms with E-state index in [9.17, 15) is 9.59 Å². The van der Waals surface area contributed by atoms with Gasteiger partial charge in [0.25, 0.3) is 5.91 Å². The Bertz CT molecular complexity index is 673. The number of amides is 1. The van der Waals surface area contributed by atoms with Crippen LogP contribution in [-0.4, -0.2) is 44.8 Å². The molecule has 0 fully saturated rings. The van der Waals surface area contributed by atoms with Gasteiger partial charge in [-0.3, -0.25) is 4.79 Å². The maximum absolute atomic E-state index is 12.8. The average molecular weight is 403 g/mol. The lowest BCUT2D eigenvalue weighted by molar-refractivity contribution is -0.122. The van der Waals surface area contributed by atoms with Gasteiger partial charge in [-0.15, -0.1) is 13.2 Å². The molecule has 160 valence electrons. The minimum Gasteiger partial charge on any atom is -0.462 e. The van der Waals surface area contributed by atoms with Gasteiger partial charge in [0.05, 0.1) is 24.5 Å². The number of esters is 1. The van der Waals surface area contributed by atoms with Crippen LogP contribution in [0.2, 0.25) is 0 Å². The van der Waals surface area contributed by atoms with Crippen LogP contribution in [0, 0.1) is 0 Å². The number of unbranched alkanes of at least 4 members (excludes halogenated alkanes) is 2. The van der Waals surface area contributed by atoms with E-state index >= 15 is 0 Å². The highest BCUT2D eigenvalue weighted by molar-refractivity contribution is 6.03. The zero-order valence-electron chi connectivity index (χ0n) is 17.7. The lowest BCUT2D eigenvalue weighted by Crippen LogP contribution is -2.36. The van der Waals surface area contributed by atoms with Gasteiger partial charge in [-0.2, -0.15) is 0 Å². The number of ether oxygens (including phenoxy) is 2. The minimum atomic E-state index is -0.444. The molecule has 1 aromatic carbocycles. The van der Waals surface area contributed by atoms with Gasteiger partial charge in [0.15, 0.2) is 0 Å². The first-order valence-corrected chi connectivity index (χ1v) is 10.2. The normalized spacial score (nSPS) is 10.3. The first-order chi connectivity index (χ1) is 14.1. The van der Waals surface area contributed by atoms with E-state index in [1.807, 2.05) is 25.1 Å². The summed E-state index contributed by atoms with van der Waals surface area (Å²) in [5.74, 6) is -0.650. The fourth-order valence-electron chi connectivity index (χ4n) is 2.80. The molecule has 1 rings (SSSR count). The molecule has 0 radical (unpaired) electrons. The Balaban J connectivity index is 3.10. The second-order valence-corrected chi connectivity index (χ2v) is 6.51. The molecule has 0 aliphatic carbocycles. The molecular formula is C23H34N2O4. The molecule has 1 N–H and O–H groups in total. The van der Waals surface area contributed by atoms with Crippen LogP contribution in [-0.2, 0) is 14.3 Å². The minimum absolute atomic E-state index is 0.0759. The summed E-state index contributed by atoms with van der Waals surface area (Å²) in [6, 6.07) is 5.38. The van der Waals surface area contributed by atoms with Crippen molar-refractivity contribution in [2.75, 3.05) is 43.1 Å². The van der Waals surface area contributed by atoms with Crippen molar-refractivity contribution in [3.05, 3.63) is 49.1 Å². The van der Waals surface area contributed by atoms with Gasteiger partial charge in [0.2, 0.25) is 0 Å². The third-order valence-corrected chi connectivity index (χ3v) is 4.16. The van der Waals surface area contributed by atoms with Gasteiger partial charge in [-0.1, -0.05) is 19.1 Å².